The molecular weight excluding hydrogens is 411 g/mol. The van der Waals surface area contributed by atoms with E-state index in [4.69, 9.17) is 9.47 Å². The molecule has 1 amide bonds. The van der Waals surface area contributed by atoms with E-state index in [-0.39, 0.29) is 23.5 Å². The first-order valence-corrected chi connectivity index (χ1v) is 11.7. The third-order valence-corrected chi connectivity index (χ3v) is 7.33. The number of methoxy groups -OCH3 is 1. The van der Waals surface area contributed by atoms with Crippen LogP contribution in [-0.2, 0) is 22.4 Å². The van der Waals surface area contributed by atoms with Gasteiger partial charge < -0.3 is 14.4 Å². The van der Waals surface area contributed by atoms with Crippen LogP contribution in [-0.4, -0.2) is 60.2 Å². The summed E-state index contributed by atoms with van der Waals surface area (Å²) >= 11 is 0. The van der Waals surface area contributed by atoms with Crippen molar-refractivity contribution in [2.45, 2.75) is 65.1 Å². The second-order valence-corrected chi connectivity index (χ2v) is 10.6. The molecule has 176 valence electrons. The van der Waals surface area contributed by atoms with Gasteiger partial charge in [-0.25, -0.2) is 14.0 Å². The predicted octanol–water partition coefficient (Wildman–Crippen LogP) is 4.25. The molecule has 3 aliphatic rings. The number of fused-ring (bicyclic) bond motifs is 3. The van der Waals surface area contributed by atoms with Gasteiger partial charge in [0.2, 0.25) is 0 Å². The topological polar surface area (TPSA) is 59.1 Å². The van der Waals surface area contributed by atoms with Crippen LogP contribution in [0.2, 0.25) is 0 Å². The molecule has 2 heterocycles. The number of hydrogen-bond acceptors (Lipinski definition) is 5. The van der Waals surface area contributed by atoms with Gasteiger partial charge in [0.1, 0.15) is 11.4 Å². The fourth-order valence-corrected chi connectivity index (χ4v) is 5.66. The largest absolute Gasteiger partial charge is 0.465 e. The zero-order valence-electron chi connectivity index (χ0n) is 19.8. The standard InChI is InChI=1S/C25H35FN2O4/c1-6-19-10-20-16(7-15(9-22(20)26)23(29)31-5)11-27(19)14-21-17-8-18(21)13-28(12-17)24(30)32-25(2,3)4/h7,9,17-19,21H,6,8,10-14H2,1-5H3/t17?,18?,19-,21?/m0/s1. The van der Waals surface area contributed by atoms with Crippen LogP contribution in [0.15, 0.2) is 12.1 Å². The molecular formula is C25H35FN2O4. The lowest BCUT2D eigenvalue weighted by Crippen LogP contribution is -2.60. The van der Waals surface area contributed by atoms with Gasteiger partial charge in [0.25, 0.3) is 0 Å². The SMILES string of the molecule is CC[C@H]1Cc2c(F)cc(C(=O)OC)cc2CN1CC1C2CC1CN(C(=O)OC(C)(C)C)C2. The Bertz CT molecular complexity index is 885. The third kappa shape index (κ3) is 4.49. The highest BCUT2D eigenvalue weighted by Crippen LogP contribution is 2.47. The van der Waals surface area contributed by atoms with E-state index in [1.54, 1.807) is 6.07 Å². The van der Waals surface area contributed by atoms with Gasteiger partial charge in [0.15, 0.2) is 0 Å². The summed E-state index contributed by atoms with van der Waals surface area (Å²) in [6.07, 6.45) is 2.55. The molecule has 2 unspecified atom stereocenters. The molecule has 1 aliphatic carbocycles. The number of likely N-dealkylation sites (tertiary alicyclic amines) is 1. The molecule has 2 aliphatic heterocycles. The molecule has 0 aromatic heterocycles. The van der Waals surface area contributed by atoms with Crippen molar-refractivity contribution < 1.29 is 23.5 Å². The monoisotopic (exact) mass is 446 g/mol. The van der Waals surface area contributed by atoms with Crippen molar-refractivity contribution in [3.63, 3.8) is 0 Å². The number of carbonyl (C=O) groups is 2. The van der Waals surface area contributed by atoms with E-state index in [9.17, 15) is 14.0 Å². The Balaban J connectivity index is 1.44. The lowest BCUT2D eigenvalue weighted by molar-refractivity contribution is -0.0705. The number of carbonyl (C=O) groups excluding carboxylic acids is 2. The summed E-state index contributed by atoms with van der Waals surface area (Å²) in [5.41, 5.74) is 1.40. The van der Waals surface area contributed by atoms with Crippen LogP contribution in [0.3, 0.4) is 0 Å². The average molecular weight is 447 g/mol. The van der Waals surface area contributed by atoms with Gasteiger partial charge in [-0.3, -0.25) is 4.90 Å². The van der Waals surface area contributed by atoms with E-state index in [0.29, 0.717) is 30.7 Å². The Morgan fingerprint density at radius 3 is 2.47 bits per heavy atom. The Kier molecular flexibility index (Phi) is 6.23. The number of benzene rings is 1. The van der Waals surface area contributed by atoms with E-state index in [2.05, 4.69) is 11.8 Å². The molecule has 7 heteroatoms. The van der Waals surface area contributed by atoms with E-state index < -0.39 is 11.6 Å². The molecule has 6 nitrogen and oxygen atoms in total. The van der Waals surface area contributed by atoms with Crippen molar-refractivity contribution in [1.82, 2.24) is 9.80 Å². The maximum absolute atomic E-state index is 14.8. The molecule has 1 saturated carbocycles. The minimum Gasteiger partial charge on any atom is -0.465 e. The van der Waals surface area contributed by atoms with Crippen LogP contribution in [0.4, 0.5) is 9.18 Å². The van der Waals surface area contributed by atoms with Gasteiger partial charge in [-0.2, -0.15) is 0 Å². The zero-order valence-corrected chi connectivity index (χ0v) is 19.8. The van der Waals surface area contributed by atoms with Crippen LogP contribution in [0.1, 0.15) is 62.0 Å². The summed E-state index contributed by atoms with van der Waals surface area (Å²) in [5, 5.41) is 0. The summed E-state index contributed by atoms with van der Waals surface area (Å²) in [6.45, 7) is 10.9. The van der Waals surface area contributed by atoms with Gasteiger partial charge in [0, 0.05) is 32.2 Å². The first kappa shape index (κ1) is 23.0. The summed E-state index contributed by atoms with van der Waals surface area (Å²) < 4.78 is 25.1. The molecule has 0 N–H and O–H groups in total. The van der Waals surface area contributed by atoms with Crippen LogP contribution in [0, 0.1) is 23.6 Å². The first-order chi connectivity index (χ1) is 15.1. The molecule has 2 fully saturated rings. The molecule has 1 saturated heterocycles. The molecule has 2 bridgehead atoms. The highest BCUT2D eigenvalue weighted by molar-refractivity contribution is 5.89. The molecule has 4 rings (SSSR count). The molecule has 0 radical (unpaired) electrons. The highest BCUT2D eigenvalue weighted by Gasteiger charge is 2.49. The van der Waals surface area contributed by atoms with Crippen LogP contribution < -0.4 is 0 Å². The minimum atomic E-state index is -0.508. The normalized spacial score (nSPS) is 27.4. The number of ether oxygens (including phenoxy) is 2. The second-order valence-electron chi connectivity index (χ2n) is 10.6. The Hall–Kier alpha value is -2.15. The van der Waals surface area contributed by atoms with Crippen molar-refractivity contribution >= 4 is 12.1 Å². The van der Waals surface area contributed by atoms with E-state index in [1.807, 2.05) is 25.7 Å². The van der Waals surface area contributed by atoms with Crippen molar-refractivity contribution in [3.05, 3.63) is 34.6 Å². The fourth-order valence-electron chi connectivity index (χ4n) is 5.66. The minimum absolute atomic E-state index is 0.213. The fraction of sp³-hybridized carbons (Fsp3) is 0.680. The summed E-state index contributed by atoms with van der Waals surface area (Å²) in [4.78, 5) is 28.7. The predicted molar refractivity (Wildman–Crippen MR) is 119 cm³/mol. The lowest BCUT2D eigenvalue weighted by Gasteiger charge is -2.55. The van der Waals surface area contributed by atoms with Crippen molar-refractivity contribution in [1.29, 1.82) is 0 Å². The number of rotatable bonds is 4. The number of esters is 1. The molecule has 32 heavy (non-hydrogen) atoms. The molecule has 1 aromatic carbocycles. The van der Waals surface area contributed by atoms with E-state index in [1.165, 1.54) is 13.2 Å². The van der Waals surface area contributed by atoms with E-state index in [0.717, 1.165) is 43.6 Å². The number of piperidine rings is 2. The van der Waals surface area contributed by atoms with Gasteiger partial charge in [-0.1, -0.05) is 6.92 Å². The van der Waals surface area contributed by atoms with Gasteiger partial charge in [0.05, 0.1) is 12.7 Å². The van der Waals surface area contributed by atoms with E-state index >= 15 is 0 Å². The summed E-state index contributed by atoms with van der Waals surface area (Å²) in [7, 11) is 1.31. The maximum Gasteiger partial charge on any atom is 0.410 e. The van der Waals surface area contributed by atoms with Crippen molar-refractivity contribution in [3.8, 4) is 0 Å². The molecule has 1 aromatic rings. The second kappa shape index (κ2) is 8.65. The number of amides is 1. The third-order valence-electron chi connectivity index (χ3n) is 7.33. The number of halogens is 1. The molecule has 3 atom stereocenters. The number of nitrogens with zero attached hydrogens (tertiary/aromatic N) is 2. The van der Waals surface area contributed by atoms with Crippen LogP contribution in [0.5, 0.6) is 0 Å². The Morgan fingerprint density at radius 1 is 1.19 bits per heavy atom. The Labute approximate surface area is 190 Å². The van der Waals surface area contributed by atoms with Crippen molar-refractivity contribution in [2.75, 3.05) is 26.7 Å². The summed E-state index contributed by atoms with van der Waals surface area (Å²) in [5.74, 6) is 0.690. The average Bonchev–Trinajstić information content (AvgIpc) is 2.75. The Morgan fingerprint density at radius 2 is 1.88 bits per heavy atom. The summed E-state index contributed by atoms with van der Waals surface area (Å²) in [6, 6.07) is 3.37. The highest BCUT2D eigenvalue weighted by atomic mass is 19.1. The quantitative estimate of drug-likeness (QED) is 0.647. The smallest absolute Gasteiger partial charge is 0.410 e. The zero-order chi connectivity index (χ0) is 23.2. The number of hydrogen-bond donors (Lipinski definition) is 0. The van der Waals surface area contributed by atoms with Gasteiger partial charge >= 0.3 is 12.1 Å². The van der Waals surface area contributed by atoms with Crippen LogP contribution >= 0.6 is 0 Å². The van der Waals surface area contributed by atoms with Crippen molar-refractivity contribution in [2.24, 2.45) is 17.8 Å². The maximum atomic E-state index is 14.8. The van der Waals surface area contributed by atoms with Gasteiger partial charge in [-0.05, 0) is 81.0 Å². The molecule has 0 spiro atoms. The van der Waals surface area contributed by atoms with Gasteiger partial charge in [-0.15, -0.1) is 0 Å². The van der Waals surface area contributed by atoms with Crippen LogP contribution in [0.25, 0.3) is 0 Å². The lowest BCUT2D eigenvalue weighted by atomic mass is 9.61. The first-order valence-electron chi connectivity index (χ1n) is 11.7.